The maximum atomic E-state index is 11.1. The van der Waals surface area contributed by atoms with Gasteiger partial charge in [0.1, 0.15) is 0 Å². The number of carbonyl (C=O) groups is 1. The Morgan fingerprint density at radius 1 is 1.36 bits per heavy atom. The van der Waals surface area contributed by atoms with Gasteiger partial charge in [0.2, 0.25) is 0 Å². The zero-order valence-corrected chi connectivity index (χ0v) is 9.02. The molecule has 84 valence electrons. The van der Waals surface area contributed by atoms with Gasteiger partial charge in [-0.25, -0.2) is 4.79 Å². The van der Waals surface area contributed by atoms with Gasteiger partial charge in [0, 0.05) is 20.1 Å². The van der Waals surface area contributed by atoms with Crippen LogP contribution in [0.25, 0.3) is 0 Å². The Balaban J connectivity index is 4.21. The monoisotopic (exact) mass is 206 g/mol. The zero-order valence-electron chi connectivity index (χ0n) is 9.02. The molecule has 0 aromatic carbocycles. The van der Waals surface area contributed by atoms with E-state index >= 15 is 0 Å². The number of rotatable bonds is 6. The van der Waals surface area contributed by atoms with Crippen molar-refractivity contribution in [1.82, 2.24) is 0 Å². The third-order valence-electron chi connectivity index (χ3n) is 1.92. The van der Waals surface area contributed by atoms with Gasteiger partial charge in [-0.1, -0.05) is 6.92 Å². The van der Waals surface area contributed by atoms with Crippen molar-refractivity contribution in [3.63, 3.8) is 0 Å². The highest BCUT2D eigenvalue weighted by molar-refractivity contribution is 5.74. The quantitative estimate of drug-likeness (QED) is 0.495. The molecule has 1 N–H and O–H groups in total. The Kier molecular flexibility index (Phi) is 6.44. The molecule has 0 aliphatic carbocycles. The lowest BCUT2D eigenvalue weighted by molar-refractivity contribution is -0.179. The maximum Gasteiger partial charge on any atom is 0.335 e. The minimum Gasteiger partial charge on any atom is -0.464 e. The second kappa shape index (κ2) is 6.75. The average molecular weight is 206 g/mol. The first-order valence-corrected chi connectivity index (χ1v) is 4.48. The van der Waals surface area contributed by atoms with Crippen LogP contribution in [0.3, 0.4) is 0 Å². The van der Waals surface area contributed by atoms with Crippen molar-refractivity contribution in [3.8, 4) is 0 Å². The molecule has 0 rings (SSSR count). The van der Waals surface area contributed by atoms with E-state index in [0.29, 0.717) is 0 Å². The van der Waals surface area contributed by atoms with Crippen LogP contribution < -0.4 is 0 Å². The molecule has 0 aromatic heterocycles. The van der Waals surface area contributed by atoms with Gasteiger partial charge in [0.25, 0.3) is 0 Å². The molecular weight excluding hydrogens is 188 g/mol. The lowest BCUT2D eigenvalue weighted by Crippen LogP contribution is -2.38. The molecule has 0 aliphatic rings. The molecule has 0 spiro atoms. The number of aliphatic hydroxyl groups excluding tert-OH is 1. The highest BCUT2D eigenvalue weighted by atomic mass is 16.7. The fourth-order valence-corrected chi connectivity index (χ4v) is 1.12. The van der Waals surface area contributed by atoms with Gasteiger partial charge >= 0.3 is 5.97 Å². The van der Waals surface area contributed by atoms with Gasteiger partial charge in [-0.2, -0.15) is 0 Å². The summed E-state index contributed by atoms with van der Waals surface area (Å²) in [6, 6.07) is 0. The standard InChI is InChI=1S/C9H18O5/c1-5-14-8(11)7(10)6(2)9(12-3)13-4/h6-7,9-10H,5H2,1-4H3/t6-,7+/m0/s1. The van der Waals surface area contributed by atoms with Crippen LogP contribution in [0.5, 0.6) is 0 Å². The number of hydrogen-bond donors (Lipinski definition) is 1. The minimum atomic E-state index is -1.22. The Hall–Kier alpha value is -0.650. The first kappa shape index (κ1) is 13.4. The summed E-state index contributed by atoms with van der Waals surface area (Å²) < 4.78 is 14.5. The van der Waals surface area contributed by atoms with E-state index in [1.165, 1.54) is 14.2 Å². The molecule has 0 unspecified atom stereocenters. The molecule has 0 aromatic rings. The van der Waals surface area contributed by atoms with Crippen LogP contribution in [0.15, 0.2) is 0 Å². The van der Waals surface area contributed by atoms with E-state index < -0.39 is 24.3 Å². The van der Waals surface area contributed by atoms with Gasteiger partial charge in [0.15, 0.2) is 12.4 Å². The molecule has 5 heteroatoms. The van der Waals surface area contributed by atoms with Crippen LogP contribution in [-0.2, 0) is 19.0 Å². The number of ether oxygens (including phenoxy) is 3. The summed E-state index contributed by atoms with van der Waals surface area (Å²) in [4.78, 5) is 11.1. The summed E-state index contributed by atoms with van der Waals surface area (Å²) in [5.41, 5.74) is 0. The van der Waals surface area contributed by atoms with Crippen LogP contribution in [-0.4, -0.2) is 44.3 Å². The van der Waals surface area contributed by atoms with Crippen molar-refractivity contribution in [1.29, 1.82) is 0 Å². The van der Waals surface area contributed by atoms with Crippen molar-refractivity contribution < 1.29 is 24.1 Å². The van der Waals surface area contributed by atoms with E-state index in [9.17, 15) is 9.90 Å². The van der Waals surface area contributed by atoms with Crippen LogP contribution in [0, 0.1) is 5.92 Å². The summed E-state index contributed by atoms with van der Waals surface area (Å²) in [6.45, 7) is 3.58. The van der Waals surface area contributed by atoms with E-state index in [4.69, 9.17) is 9.47 Å². The van der Waals surface area contributed by atoms with Crippen LogP contribution in [0.2, 0.25) is 0 Å². The molecule has 0 heterocycles. The van der Waals surface area contributed by atoms with Crippen molar-refractivity contribution in [2.75, 3.05) is 20.8 Å². The Bertz CT molecular complexity index is 167. The predicted molar refractivity (Wildman–Crippen MR) is 49.6 cm³/mol. The fraction of sp³-hybridized carbons (Fsp3) is 0.889. The van der Waals surface area contributed by atoms with Crippen LogP contribution in [0.4, 0.5) is 0 Å². The first-order valence-electron chi connectivity index (χ1n) is 4.48. The van der Waals surface area contributed by atoms with Crippen molar-refractivity contribution in [2.45, 2.75) is 26.2 Å². The predicted octanol–water partition coefficient (Wildman–Crippen LogP) is 0.165. The lowest BCUT2D eigenvalue weighted by Gasteiger charge is -2.24. The molecule has 0 amide bonds. The van der Waals surface area contributed by atoms with Gasteiger partial charge in [-0.3, -0.25) is 0 Å². The highest BCUT2D eigenvalue weighted by Gasteiger charge is 2.30. The molecular formula is C9H18O5. The lowest BCUT2D eigenvalue weighted by atomic mass is 10.0. The molecule has 2 atom stereocenters. The molecule has 0 saturated carbocycles. The van der Waals surface area contributed by atoms with Crippen LogP contribution >= 0.6 is 0 Å². The summed E-state index contributed by atoms with van der Waals surface area (Å²) in [6.07, 6.45) is -1.84. The Labute approximate surface area is 84.0 Å². The van der Waals surface area contributed by atoms with E-state index in [-0.39, 0.29) is 6.61 Å². The number of hydrogen-bond acceptors (Lipinski definition) is 5. The van der Waals surface area contributed by atoms with E-state index in [1.54, 1.807) is 13.8 Å². The minimum absolute atomic E-state index is 0.243. The van der Waals surface area contributed by atoms with E-state index in [2.05, 4.69) is 4.74 Å². The Morgan fingerprint density at radius 2 is 1.86 bits per heavy atom. The van der Waals surface area contributed by atoms with Crippen molar-refractivity contribution >= 4 is 5.97 Å². The molecule has 0 bridgehead atoms. The molecule has 14 heavy (non-hydrogen) atoms. The van der Waals surface area contributed by atoms with Gasteiger partial charge in [0.05, 0.1) is 6.61 Å². The number of aliphatic hydroxyl groups is 1. The molecule has 0 aliphatic heterocycles. The highest BCUT2D eigenvalue weighted by Crippen LogP contribution is 2.13. The first-order chi connectivity index (χ1) is 6.58. The third kappa shape index (κ3) is 3.61. The summed E-state index contributed by atoms with van der Waals surface area (Å²) in [5.74, 6) is -1.12. The topological polar surface area (TPSA) is 65.0 Å². The normalized spacial score (nSPS) is 15.3. The SMILES string of the molecule is CCOC(=O)[C@H](O)[C@H](C)C(OC)OC. The number of esters is 1. The molecule has 0 fully saturated rings. The van der Waals surface area contributed by atoms with E-state index in [0.717, 1.165) is 0 Å². The second-order valence-electron chi connectivity index (χ2n) is 2.90. The summed E-state index contributed by atoms with van der Waals surface area (Å²) in [5, 5.41) is 9.52. The van der Waals surface area contributed by atoms with Gasteiger partial charge in [-0.05, 0) is 6.92 Å². The van der Waals surface area contributed by atoms with E-state index in [1.807, 2.05) is 0 Å². The maximum absolute atomic E-state index is 11.1. The smallest absolute Gasteiger partial charge is 0.335 e. The van der Waals surface area contributed by atoms with Crippen molar-refractivity contribution in [2.24, 2.45) is 5.92 Å². The molecule has 0 radical (unpaired) electrons. The van der Waals surface area contributed by atoms with Gasteiger partial charge < -0.3 is 19.3 Å². The fourth-order valence-electron chi connectivity index (χ4n) is 1.12. The second-order valence-corrected chi connectivity index (χ2v) is 2.90. The zero-order chi connectivity index (χ0) is 11.1. The Morgan fingerprint density at radius 3 is 2.21 bits per heavy atom. The summed E-state index contributed by atoms with van der Waals surface area (Å²) >= 11 is 0. The molecule has 5 nitrogen and oxygen atoms in total. The molecule has 0 saturated heterocycles. The number of carbonyl (C=O) groups excluding carboxylic acids is 1. The number of methoxy groups -OCH3 is 2. The van der Waals surface area contributed by atoms with Crippen molar-refractivity contribution in [3.05, 3.63) is 0 Å². The third-order valence-corrected chi connectivity index (χ3v) is 1.92. The summed E-state index contributed by atoms with van der Waals surface area (Å²) in [7, 11) is 2.89. The van der Waals surface area contributed by atoms with Gasteiger partial charge in [-0.15, -0.1) is 0 Å². The largest absolute Gasteiger partial charge is 0.464 e. The van der Waals surface area contributed by atoms with Crippen LogP contribution in [0.1, 0.15) is 13.8 Å². The average Bonchev–Trinajstić information content (AvgIpc) is 2.18.